The Balaban J connectivity index is 1.94. The number of carbonyl (C=O) groups is 4. The molecule has 1 aliphatic heterocycles. The number of benzene rings is 2. The van der Waals surface area contributed by atoms with E-state index < -0.39 is 66.5 Å². The van der Waals surface area contributed by atoms with Crippen LogP contribution < -0.4 is 16.2 Å². The number of nitrogens with zero attached hydrogens (tertiary/aromatic N) is 2. The number of aliphatic hydroxyl groups excluding tert-OH is 1. The van der Waals surface area contributed by atoms with Crippen LogP contribution in [0.25, 0.3) is 22.3 Å². The highest BCUT2D eigenvalue weighted by molar-refractivity contribution is 5.84. The Morgan fingerprint density at radius 3 is 2.24 bits per heavy atom. The summed E-state index contributed by atoms with van der Waals surface area (Å²) in [6, 6.07) is 12.5. The molecule has 3 N–H and O–H groups in total. The lowest BCUT2D eigenvalue weighted by atomic mass is 9.95. The monoisotopic (exact) mass is 566 g/mol. The summed E-state index contributed by atoms with van der Waals surface area (Å²) in [5.41, 5.74) is 1.14. The number of aromatic nitrogens is 2. The second kappa shape index (κ2) is 12.2. The zero-order chi connectivity index (χ0) is 29.8. The van der Waals surface area contributed by atoms with Crippen LogP contribution in [0.1, 0.15) is 33.9 Å². The summed E-state index contributed by atoms with van der Waals surface area (Å²) >= 11 is 0. The summed E-state index contributed by atoms with van der Waals surface area (Å²) in [7, 11) is 0. The molecule has 5 unspecified atom stereocenters. The Morgan fingerprint density at radius 1 is 0.951 bits per heavy atom. The zero-order valence-corrected chi connectivity index (χ0v) is 22.8. The lowest BCUT2D eigenvalue weighted by molar-refractivity contribution is -0.184. The molecule has 3 aromatic rings. The molecular formula is C28H30N4O9. The molecule has 5 atom stereocenters. The van der Waals surface area contributed by atoms with Crippen LogP contribution in [0, 0.1) is 0 Å². The standard InChI is InChI=1S/C28H30N4O9/c1-14(33)29-23(25(41-17(4)36)24(40-16(3)35)22(37)13-39-15(2)34)27-31-20-11-7-5-9-18(20)26-30-21-12-8-6-10-19(21)28(38)32(26)27/h5-12,22-25,27,31,37H,13H2,1-4H3,(H,29,33). The summed E-state index contributed by atoms with van der Waals surface area (Å²) in [4.78, 5) is 67.1. The topological polar surface area (TPSA) is 175 Å². The van der Waals surface area contributed by atoms with Crippen LogP contribution in [0.2, 0.25) is 0 Å². The molecule has 1 amide bonds. The molecule has 216 valence electrons. The van der Waals surface area contributed by atoms with Crippen molar-refractivity contribution in [2.75, 3.05) is 11.9 Å². The Bertz CT molecular complexity index is 1550. The molecular weight excluding hydrogens is 536 g/mol. The van der Waals surface area contributed by atoms with Gasteiger partial charge in [-0.25, -0.2) is 4.98 Å². The fraction of sp³-hybridized carbons (Fsp3) is 0.357. The van der Waals surface area contributed by atoms with Crippen LogP contribution in [0.5, 0.6) is 0 Å². The molecule has 1 aromatic heterocycles. The average Bonchev–Trinajstić information content (AvgIpc) is 2.91. The van der Waals surface area contributed by atoms with Gasteiger partial charge < -0.3 is 30.0 Å². The van der Waals surface area contributed by atoms with Crippen molar-refractivity contribution in [2.45, 2.75) is 58.2 Å². The van der Waals surface area contributed by atoms with Gasteiger partial charge in [0.2, 0.25) is 5.91 Å². The van der Waals surface area contributed by atoms with Gasteiger partial charge in [-0.1, -0.05) is 24.3 Å². The fourth-order valence-corrected chi connectivity index (χ4v) is 4.84. The van der Waals surface area contributed by atoms with Gasteiger partial charge in [0.25, 0.3) is 5.56 Å². The van der Waals surface area contributed by atoms with Crippen molar-refractivity contribution in [3.63, 3.8) is 0 Å². The lowest BCUT2D eigenvalue weighted by Crippen LogP contribution is -2.61. The van der Waals surface area contributed by atoms with Gasteiger partial charge in [0.1, 0.15) is 30.7 Å². The van der Waals surface area contributed by atoms with Gasteiger partial charge in [-0.15, -0.1) is 0 Å². The minimum Gasteiger partial charge on any atom is -0.463 e. The number of anilines is 1. The van der Waals surface area contributed by atoms with Crippen molar-refractivity contribution in [2.24, 2.45) is 0 Å². The van der Waals surface area contributed by atoms with Crippen LogP contribution in [-0.4, -0.2) is 69.4 Å². The molecule has 13 heteroatoms. The SMILES string of the molecule is CC(=O)NC(C(OC(C)=O)C(OC(C)=O)C(O)COC(C)=O)C1Nc2ccccc2-c2nc3ccccc3c(=O)n21. The van der Waals surface area contributed by atoms with Gasteiger partial charge in [0.15, 0.2) is 12.2 Å². The van der Waals surface area contributed by atoms with E-state index in [1.165, 1.54) is 11.5 Å². The van der Waals surface area contributed by atoms with Crippen molar-refractivity contribution in [1.82, 2.24) is 14.9 Å². The Labute approximate surface area is 234 Å². The third-order valence-corrected chi connectivity index (χ3v) is 6.39. The second-order valence-corrected chi connectivity index (χ2v) is 9.51. The largest absolute Gasteiger partial charge is 0.463 e. The molecule has 4 rings (SSSR count). The third-order valence-electron chi connectivity index (χ3n) is 6.39. The first-order valence-electron chi connectivity index (χ1n) is 12.8. The maximum atomic E-state index is 14.0. The number of hydrogen-bond donors (Lipinski definition) is 3. The molecule has 0 radical (unpaired) electrons. The molecule has 0 spiro atoms. The molecule has 1 aliphatic rings. The first-order valence-corrected chi connectivity index (χ1v) is 12.8. The van der Waals surface area contributed by atoms with Gasteiger partial charge in [0, 0.05) is 38.9 Å². The van der Waals surface area contributed by atoms with Gasteiger partial charge in [-0.2, -0.15) is 0 Å². The van der Waals surface area contributed by atoms with E-state index in [-0.39, 0.29) is 5.82 Å². The van der Waals surface area contributed by atoms with Crippen molar-refractivity contribution in [1.29, 1.82) is 0 Å². The van der Waals surface area contributed by atoms with Crippen molar-refractivity contribution in [3.05, 3.63) is 58.9 Å². The van der Waals surface area contributed by atoms with E-state index >= 15 is 0 Å². The maximum absolute atomic E-state index is 14.0. The number of fused-ring (bicyclic) bond motifs is 4. The van der Waals surface area contributed by atoms with E-state index in [0.29, 0.717) is 22.2 Å². The average molecular weight is 567 g/mol. The molecule has 0 aliphatic carbocycles. The van der Waals surface area contributed by atoms with Gasteiger partial charge >= 0.3 is 17.9 Å². The first kappa shape index (κ1) is 29.2. The number of aliphatic hydroxyl groups is 1. The third kappa shape index (κ3) is 6.35. The van der Waals surface area contributed by atoms with Crippen molar-refractivity contribution < 1.29 is 38.5 Å². The highest BCUT2D eigenvalue weighted by Crippen LogP contribution is 2.37. The number of hydrogen-bond acceptors (Lipinski definition) is 11. The highest BCUT2D eigenvalue weighted by atomic mass is 16.6. The number of ether oxygens (including phenoxy) is 3. The second-order valence-electron chi connectivity index (χ2n) is 9.51. The Morgan fingerprint density at radius 2 is 1.59 bits per heavy atom. The summed E-state index contributed by atoms with van der Waals surface area (Å²) in [6.45, 7) is 3.91. The number of nitrogens with one attached hydrogen (secondary N) is 2. The van der Waals surface area contributed by atoms with Crippen LogP contribution in [0.15, 0.2) is 53.3 Å². The minimum atomic E-state index is -1.68. The van der Waals surface area contributed by atoms with E-state index in [1.54, 1.807) is 48.5 Å². The number of esters is 3. The van der Waals surface area contributed by atoms with Crippen LogP contribution >= 0.6 is 0 Å². The normalized spacial score (nSPS) is 16.6. The first-order chi connectivity index (χ1) is 19.5. The quantitative estimate of drug-likeness (QED) is 0.251. The predicted molar refractivity (Wildman–Crippen MR) is 145 cm³/mol. The number of para-hydroxylation sites is 2. The number of carbonyl (C=O) groups excluding carboxylic acids is 4. The van der Waals surface area contributed by atoms with Gasteiger partial charge in [-0.05, 0) is 24.3 Å². The maximum Gasteiger partial charge on any atom is 0.303 e. The van der Waals surface area contributed by atoms with E-state index in [4.69, 9.17) is 19.2 Å². The molecule has 13 nitrogen and oxygen atoms in total. The number of rotatable bonds is 9. The summed E-state index contributed by atoms with van der Waals surface area (Å²) in [6.07, 6.45) is -6.03. The van der Waals surface area contributed by atoms with Crippen LogP contribution in [-0.2, 0) is 33.4 Å². The minimum absolute atomic E-state index is 0.273. The van der Waals surface area contributed by atoms with Crippen molar-refractivity contribution in [3.8, 4) is 11.4 Å². The summed E-state index contributed by atoms with van der Waals surface area (Å²) < 4.78 is 17.2. The highest BCUT2D eigenvalue weighted by Gasteiger charge is 2.46. The Kier molecular flexibility index (Phi) is 8.67. The molecule has 0 bridgehead atoms. The molecule has 0 saturated carbocycles. The van der Waals surface area contributed by atoms with E-state index in [0.717, 1.165) is 20.8 Å². The Hall–Kier alpha value is -4.78. The van der Waals surface area contributed by atoms with Crippen LogP contribution in [0.4, 0.5) is 5.69 Å². The number of amides is 1. The smallest absolute Gasteiger partial charge is 0.303 e. The van der Waals surface area contributed by atoms with E-state index in [9.17, 15) is 29.1 Å². The van der Waals surface area contributed by atoms with Crippen molar-refractivity contribution >= 4 is 40.4 Å². The summed E-state index contributed by atoms with van der Waals surface area (Å²) in [5.74, 6) is -2.69. The lowest BCUT2D eigenvalue weighted by Gasteiger charge is -2.41. The molecule has 2 heterocycles. The van der Waals surface area contributed by atoms with E-state index in [1.807, 2.05) is 0 Å². The predicted octanol–water partition coefficient (Wildman–Crippen LogP) is 1.28. The summed E-state index contributed by atoms with van der Waals surface area (Å²) in [5, 5.41) is 17.2. The molecule has 2 aromatic carbocycles. The van der Waals surface area contributed by atoms with Gasteiger partial charge in [-0.3, -0.25) is 28.5 Å². The van der Waals surface area contributed by atoms with Crippen LogP contribution in [0.3, 0.4) is 0 Å². The zero-order valence-electron chi connectivity index (χ0n) is 22.8. The molecule has 0 saturated heterocycles. The molecule has 0 fully saturated rings. The fourth-order valence-electron chi connectivity index (χ4n) is 4.84. The van der Waals surface area contributed by atoms with Gasteiger partial charge in [0.05, 0.1) is 10.9 Å². The van der Waals surface area contributed by atoms with E-state index in [2.05, 4.69) is 10.6 Å². The molecule has 41 heavy (non-hydrogen) atoms.